The molecular weight excluding hydrogens is 1610 g/mol. The maximum atomic E-state index is 12.5. The molecule has 22 rings (SSSR count). The van der Waals surface area contributed by atoms with Gasteiger partial charge in [-0.3, -0.25) is 0 Å². The standard InChI is InChI=1S/C56H38N2.C42H30N2.C15H9F3O3S.CH4.B4.2H2/c1-3-12-39(13-4-1)40-22-24-41(25-23-40)42-28-33-48(34-29-42)57(55-21-11-15-45-27-26-44-14-7-8-18-50(44)56(45)55)49-35-30-43(31-36-49)46-32-37-54-52(38-46)51-19-9-10-20-53(51)58(54)47-16-5-2-6-17-47;1-3-9-30(10-4-1)31-15-17-32(18-16-31)33-19-24-36(25-20-33)43-37-26-21-34(22-27-37)35-23-28-42-40(29-35)39-13-7-8-14-41(39)44(42)38-11-5-2-6-12-38;16-15(17,18)22(19,20)21-13-7-3-5-11-9-8-10-4-1-2-6-12(10)14(11)13;;1-4(2)3;;/h1-38H;1-29,43H;1-9H;1H4;;2*1H. The summed E-state index contributed by atoms with van der Waals surface area (Å²) in [5.74, 6) is -0.341. The second-order valence-electron chi connectivity index (χ2n) is 31.3. The number of rotatable bonds is 15. The van der Waals surface area contributed by atoms with Crippen molar-refractivity contribution in [3.8, 4) is 83.9 Å². The molecule has 7 nitrogen and oxygen atoms in total. The molecule has 2 heterocycles. The van der Waals surface area contributed by atoms with Gasteiger partial charge in [0.1, 0.15) is 0 Å². The minimum absolute atomic E-state index is 0. The van der Waals surface area contributed by atoms with Crippen molar-refractivity contribution in [2.45, 2.75) is 12.9 Å². The Balaban J connectivity index is 0.000000151. The van der Waals surface area contributed by atoms with Gasteiger partial charge in [-0.2, -0.15) is 21.6 Å². The minimum Gasteiger partial charge on any atom is -0.375 e. The van der Waals surface area contributed by atoms with E-state index in [1.54, 1.807) is 42.5 Å². The quantitative estimate of drug-likeness (QED) is 0.0479. The van der Waals surface area contributed by atoms with E-state index < -0.39 is 22.0 Å². The maximum Gasteiger partial charge on any atom is 0.534 e. The Hall–Kier alpha value is -15.6. The second kappa shape index (κ2) is 36.9. The van der Waals surface area contributed by atoms with E-state index >= 15 is 0 Å². The van der Waals surface area contributed by atoms with Gasteiger partial charge < -0.3 is 23.5 Å². The van der Waals surface area contributed by atoms with E-state index in [1.807, 2.05) is 0 Å². The fourth-order valence-electron chi connectivity index (χ4n) is 17.2. The number of hydrogen-bond acceptors (Lipinski definition) is 5. The number of nitrogens with zero attached hydrogens (tertiary/aromatic N) is 3. The molecule has 2 aromatic heterocycles. The Morgan fingerprint density at radius 2 is 0.574 bits per heavy atom. The molecule has 6 radical (unpaired) electrons. The minimum atomic E-state index is -5.71. The second-order valence-corrected chi connectivity index (χ2v) is 32.8. The number of fused-ring (bicyclic) bond motifs is 12. The largest absolute Gasteiger partial charge is 0.534 e. The van der Waals surface area contributed by atoms with Crippen LogP contribution in [0.15, 0.2) is 461 Å². The predicted octanol–water partition coefficient (Wildman–Crippen LogP) is 30.9. The molecule has 15 heteroatoms. The molecule has 0 aliphatic rings. The van der Waals surface area contributed by atoms with E-state index in [4.69, 9.17) is 0 Å². The van der Waals surface area contributed by atoms with E-state index in [0.29, 0.717) is 16.2 Å². The first kappa shape index (κ1) is 84.3. The highest BCUT2D eigenvalue weighted by Gasteiger charge is 2.49. The molecule has 618 valence electrons. The lowest BCUT2D eigenvalue weighted by atomic mass is 9.08. The molecule has 0 spiro atoms. The van der Waals surface area contributed by atoms with Crippen LogP contribution in [0.5, 0.6) is 5.75 Å². The Kier molecular flexibility index (Phi) is 24.1. The van der Waals surface area contributed by atoms with Crippen molar-refractivity contribution in [2.75, 3.05) is 10.2 Å². The zero-order valence-electron chi connectivity index (χ0n) is 69.3. The Bertz CT molecular complexity index is 7880. The molecular formula is C114H85B4F3N4O3S. The van der Waals surface area contributed by atoms with E-state index in [9.17, 15) is 21.6 Å². The average Bonchev–Trinajstić information content (AvgIpc) is 1.52. The van der Waals surface area contributed by atoms with Crippen molar-refractivity contribution in [1.82, 2.24) is 9.13 Å². The van der Waals surface area contributed by atoms with Gasteiger partial charge in [0.25, 0.3) is 0 Å². The van der Waals surface area contributed by atoms with Gasteiger partial charge in [-0.25, -0.2) is 0 Å². The van der Waals surface area contributed by atoms with Crippen LogP contribution in [0.4, 0.5) is 41.6 Å². The van der Waals surface area contributed by atoms with Crippen LogP contribution >= 0.6 is 0 Å². The Morgan fingerprint density at radius 3 is 0.977 bits per heavy atom. The Labute approximate surface area is 755 Å². The van der Waals surface area contributed by atoms with Crippen LogP contribution in [0.25, 0.3) is 165 Å². The van der Waals surface area contributed by atoms with E-state index in [0.717, 1.165) is 33.8 Å². The lowest BCUT2D eigenvalue weighted by molar-refractivity contribution is -0.0499. The summed E-state index contributed by atoms with van der Waals surface area (Å²) < 4.78 is 69.1. The molecule has 1 N–H and O–H groups in total. The summed E-state index contributed by atoms with van der Waals surface area (Å²) in [6.07, 6.45) is -0.667. The van der Waals surface area contributed by atoms with Crippen molar-refractivity contribution >= 4 is 155 Å². The summed E-state index contributed by atoms with van der Waals surface area (Å²) in [6, 6.07) is 161. The summed E-state index contributed by atoms with van der Waals surface area (Å²) in [5.41, 5.74) is 21.7. The molecule has 0 fully saturated rings. The molecule has 22 aromatic rings. The monoisotopic (exact) mass is 1690 g/mol. The van der Waals surface area contributed by atoms with E-state index in [2.05, 4.69) is 453 Å². The molecule has 0 unspecified atom stereocenters. The fourth-order valence-corrected chi connectivity index (χ4v) is 17.6. The van der Waals surface area contributed by atoms with Crippen LogP contribution < -0.4 is 14.4 Å². The lowest BCUT2D eigenvalue weighted by Crippen LogP contribution is -2.28. The highest BCUT2D eigenvalue weighted by atomic mass is 32.2. The summed E-state index contributed by atoms with van der Waals surface area (Å²) in [4.78, 5) is 2.41. The van der Waals surface area contributed by atoms with Gasteiger partial charge in [-0.1, -0.05) is 347 Å². The van der Waals surface area contributed by atoms with Gasteiger partial charge in [-0.15, -0.1) is 0 Å². The van der Waals surface area contributed by atoms with Gasteiger partial charge >= 0.3 is 15.6 Å². The van der Waals surface area contributed by atoms with Gasteiger partial charge in [-0.05, 0) is 220 Å². The number of nitrogens with one attached hydrogen (secondary N) is 1. The van der Waals surface area contributed by atoms with Gasteiger partial charge in [0.2, 0.25) is 0 Å². The molecule has 129 heavy (non-hydrogen) atoms. The van der Waals surface area contributed by atoms with Gasteiger partial charge in [0, 0.05) is 98.9 Å². The van der Waals surface area contributed by atoms with Crippen molar-refractivity contribution in [1.29, 1.82) is 0 Å². The number of anilines is 5. The van der Waals surface area contributed by atoms with Crippen molar-refractivity contribution < 1.29 is 28.6 Å². The SMILES string of the molecule is C.O=S(=O)(Oc1cccc2ccc3ccccc3c12)C(F)(F)F.[B]B([B])[B].[HH].[HH].c1ccc(-c2ccc(-c3ccc(N(c4ccc(-c5ccc6c(c5)c5ccccc5n6-c5ccccc5)cc4)c4cccc5ccc6ccccc6c45)cc3)cc2)cc1.c1ccc(-c2ccc(-c3ccc(Nc4ccc(-c5ccc6c(c5)c5ccccc5n6-c5ccccc5)cc4)cc3)cc2)cc1. The maximum absolute atomic E-state index is 12.5. The Morgan fingerprint density at radius 1 is 0.287 bits per heavy atom. The molecule has 0 aliphatic heterocycles. The first-order chi connectivity index (χ1) is 62.6. The highest BCUT2D eigenvalue weighted by molar-refractivity contribution is 7.88. The van der Waals surface area contributed by atoms with Crippen LogP contribution in [-0.4, -0.2) is 52.7 Å². The van der Waals surface area contributed by atoms with Crippen LogP contribution in [-0.2, 0) is 10.1 Å². The van der Waals surface area contributed by atoms with Gasteiger partial charge in [0.05, 0.1) is 27.8 Å². The topological polar surface area (TPSA) is 68.5 Å². The van der Waals surface area contributed by atoms with Crippen LogP contribution in [0.1, 0.15) is 10.3 Å². The number of hydrogen-bond donors (Lipinski definition) is 1. The normalized spacial score (nSPS) is 11.3. The molecule has 0 bridgehead atoms. The lowest BCUT2D eigenvalue weighted by Gasteiger charge is -2.28. The van der Waals surface area contributed by atoms with Crippen molar-refractivity contribution in [3.63, 3.8) is 0 Å². The molecule has 0 amide bonds. The summed E-state index contributed by atoms with van der Waals surface area (Å²) >= 11 is 0. The molecule has 0 atom stereocenters. The van der Waals surface area contributed by atoms with E-state index in [-0.39, 0.29) is 16.0 Å². The zero-order chi connectivity index (χ0) is 87.2. The number of alkyl halides is 3. The zero-order valence-corrected chi connectivity index (χ0v) is 70.1. The van der Waals surface area contributed by atoms with Crippen LogP contribution in [0.3, 0.4) is 0 Å². The summed E-state index contributed by atoms with van der Waals surface area (Å²) in [7, 11) is 8.29. The first-order valence-corrected chi connectivity index (χ1v) is 43.6. The molecule has 0 saturated heterocycles. The van der Waals surface area contributed by atoms with Crippen molar-refractivity contribution in [3.05, 3.63) is 461 Å². The number of para-hydroxylation sites is 4. The van der Waals surface area contributed by atoms with Crippen LogP contribution in [0.2, 0.25) is 0 Å². The molecule has 20 aromatic carbocycles. The first-order valence-electron chi connectivity index (χ1n) is 42.2. The third-order valence-electron chi connectivity index (χ3n) is 23.2. The summed E-state index contributed by atoms with van der Waals surface area (Å²) in [6.45, 7) is 0. The van der Waals surface area contributed by atoms with Crippen molar-refractivity contribution in [2.24, 2.45) is 0 Å². The summed E-state index contributed by atoms with van der Waals surface area (Å²) in [5, 5.41) is 15.8. The van der Waals surface area contributed by atoms with Crippen LogP contribution in [0, 0.1) is 0 Å². The number of aromatic nitrogens is 2. The number of benzene rings is 20. The number of halogens is 3. The van der Waals surface area contributed by atoms with Gasteiger partial charge in [0.15, 0.2) is 5.75 Å². The third-order valence-corrected chi connectivity index (χ3v) is 24.2. The average molecular weight is 1690 g/mol. The predicted molar refractivity (Wildman–Crippen MR) is 545 cm³/mol. The van der Waals surface area contributed by atoms with E-state index in [1.165, 1.54) is 155 Å². The molecule has 0 saturated carbocycles. The third kappa shape index (κ3) is 17.7. The molecule has 0 aliphatic carbocycles. The fraction of sp³-hybridized carbons (Fsp3) is 0.0175. The smallest absolute Gasteiger partial charge is 0.375 e. The highest BCUT2D eigenvalue weighted by Crippen LogP contribution is 2.46.